The van der Waals surface area contributed by atoms with Gasteiger partial charge in [0.2, 0.25) is 0 Å². The van der Waals surface area contributed by atoms with Gasteiger partial charge < -0.3 is 18.9 Å². The summed E-state index contributed by atoms with van der Waals surface area (Å²) in [5.74, 6) is 1.10. The molecule has 0 bridgehead atoms. The molecule has 0 N–H and O–H groups in total. The zero-order valence-electron chi connectivity index (χ0n) is 13.8. The Morgan fingerprint density at radius 2 is 1.17 bits per heavy atom. The SMILES string of the molecule is O=Cc1c2c(cc3c1OC1(CCCCC1)O3)OC1(CCCCC1)O2. The van der Waals surface area contributed by atoms with Crippen molar-refractivity contribution in [2.75, 3.05) is 0 Å². The Bertz CT molecular complexity index is 631. The normalized spacial score (nSPS) is 25.2. The van der Waals surface area contributed by atoms with Gasteiger partial charge in [-0.15, -0.1) is 0 Å². The van der Waals surface area contributed by atoms with Crippen LogP contribution in [-0.4, -0.2) is 17.9 Å². The summed E-state index contributed by atoms with van der Waals surface area (Å²) in [5, 5.41) is 0. The van der Waals surface area contributed by atoms with Gasteiger partial charge in [0.1, 0.15) is 5.56 Å². The van der Waals surface area contributed by atoms with Crippen LogP contribution in [0, 0.1) is 0 Å². The van der Waals surface area contributed by atoms with Gasteiger partial charge in [0.15, 0.2) is 29.3 Å². The monoisotopic (exact) mass is 330 g/mol. The fourth-order valence-corrected chi connectivity index (χ4v) is 4.49. The second-order valence-corrected chi connectivity index (χ2v) is 7.41. The Kier molecular flexibility index (Phi) is 3.03. The third kappa shape index (κ3) is 2.03. The second-order valence-electron chi connectivity index (χ2n) is 7.41. The molecule has 2 heterocycles. The summed E-state index contributed by atoms with van der Waals surface area (Å²) in [5.41, 5.74) is 0.437. The van der Waals surface area contributed by atoms with Crippen LogP contribution in [0.15, 0.2) is 6.07 Å². The number of rotatable bonds is 1. The zero-order chi connectivity index (χ0) is 16.2. The summed E-state index contributed by atoms with van der Waals surface area (Å²) < 4.78 is 24.7. The predicted octanol–water partition coefficient (Wildman–Crippen LogP) is 4.36. The van der Waals surface area contributed by atoms with Crippen molar-refractivity contribution in [3.05, 3.63) is 11.6 Å². The lowest BCUT2D eigenvalue weighted by Crippen LogP contribution is -2.41. The van der Waals surface area contributed by atoms with E-state index in [4.69, 9.17) is 18.9 Å². The van der Waals surface area contributed by atoms with Crippen LogP contribution in [0.3, 0.4) is 0 Å². The Balaban J connectivity index is 1.52. The average Bonchev–Trinajstić information content (AvgIpc) is 3.11. The molecular formula is C19H22O5. The molecule has 24 heavy (non-hydrogen) atoms. The van der Waals surface area contributed by atoms with Gasteiger partial charge in [-0.05, 0) is 25.7 Å². The molecule has 4 aliphatic rings. The summed E-state index contributed by atoms with van der Waals surface area (Å²) in [6, 6.07) is 1.85. The summed E-state index contributed by atoms with van der Waals surface area (Å²) in [7, 11) is 0. The van der Waals surface area contributed by atoms with Crippen molar-refractivity contribution in [3.63, 3.8) is 0 Å². The first-order valence-electron chi connectivity index (χ1n) is 9.15. The van der Waals surface area contributed by atoms with E-state index in [1.54, 1.807) is 0 Å². The van der Waals surface area contributed by atoms with E-state index in [1.165, 1.54) is 12.8 Å². The van der Waals surface area contributed by atoms with Crippen LogP contribution in [-0.2, 0) is 0 Å². The molecule has 0 aromatic heterocycles. The van der Waals surface area contributed by atoms with E-state index in [0.29, 0.717) is 28.6 Å². The van der Waals surface area contributed by atoms with Crippen LogP contribution in [0.2, 0.25) is 0 Å². The topological polar surface area (TPSA) is 54.0 Å². The molecule has 0 saturated heterocycles. The highest BCUT2D eigenvalue weighted by atomic mass is 16.7. The average molecular weight is 330 g/mol. The van der Waals surface area contributed by atoms with Gasteiger partial charge in [0.05, 0.1) is 0 Å². The molecule has 5 nitrogen and oxygen atoms in total. The molecule has 0 radical (unpaired) electrons. The van der Waals surface area contributed by atoms with Gasteiger partial charge in [-0.25, -0.2) is 0 Å². The maximum absolute atomic E-state index is 11.8. The largest absolute Gasteiger partial charge is 0.448 e. The number of fused-ring (bicyclic) bond motifs is 2. The van der Waals surface area contributed by atoms with Crippen LogP contribution in [0.1, 0.15) is 74.6 Å². The predicted molar refractivity (Wildman–Crippen MR) is 86.0 cm³/mol. The van der Waals surface area contributed by atoms with Crippen molar-refractivity contribution < 1.29 is 23.7 Å². The lowest BCUT2D eigenvalue weighted by Gasteiger charge is -2.32. The first kappa shape index (κ1) is 14.4. The Labute approximate surface area is 141 Å². The molecule has 0 amide bonds. The quantitative estimate of drug-likeness (QED) is 0.716. The van der Waals surface area contributed by atoms with Crippen LogP contribution >= 0.6 is 0 Å². The Morgan fingerprint density at radius 1 is 0.708 bits per heavy atom. The molecule has 2 spiro atoms. The number of carbonyl (C=O) groups is 1. The third-order valence-corrected chi connectivity index (χ3v) is 5.72. The molecule has 2 aliphatic carbocycles. The molecule has 5 rings (SSSR count). The lowest BCUT2D eigenvalue weighted by molar-refractivity contribution is -0.109. The van der Waals surface area contributed by atoms with Gasteiger partial charge in [-0.1, -0.05) is 12.8 Å². The van der Waals surface area contributed by atoms with Crippen molar-refractivity contribution in [1.29, 1.82) is 0 Å². The number of hydrogen-bond donors (Lipinski definition) is 0. The Morgan fingerprint density at radius 3 is 1.58 bits per heavy atom. The molecule has 5 heteroatoms. The first-order valence-corrected chi connectivity index (χ1v) is 9.15. The van der Waals surface area contributed by atoms with Crippen molar-refractivity contribution >= 4 is 6.29 Å². The van der Waals surface area contributed by atoms with Crippen LogP contribution in [0.25, 0.3) is 0 Å². The van der Waals surface area contributed by atoms with E-state index < -0.39 is 11.6 Å². The van der Waals surface area contributed by atoms with Crippen molar-refractivity contribution in [2.45, 2.75) is 75.8 Å². The van der Waals surface area contributed by atoms with E-state index in [1.807, 2.05) is 6.07 Å². The molecule has 2 saturated carbocycles. The number of carbonyl (C=O) groups excluding carboxylic acids is 1. The van der Waals surface area contributed by atoms with Crippen molar-refractivity contribution in [2.24, 2.45) is 0 Å². The number of aldehydes is 1. The maximum Gasteiger partial charge on any atom is 0.251 e. The minimum atomic E-state index is -0.601. The van der Waals surface area contributed by atoms with Gasteiger partial charge in [-0.2, -0.15) is 0 Å². The van der Waals surface area contributed by atoms with Gasteiger partial charge in [0, 0.05) is 31.7 Å². The number of hydrogen-bond acceptors (Lipinski definition) is 5. The molecule has 1 aromatic carbocycles. The molecule has 1 aromatic rings. The van der Waals surface area contributed by atoms with Crippen molar-refractivity contribution in [1.82, 2.24) is 0 Å². The second kappa shape index (κ2) is 5.04. The van der Waals surface area contributed by atoms with Gasteiger partial charge >= 0.3 is 0 Å². The minimum Gasteiger partial charge on any atom is -0.448 e. The van der Waals surface area contributed by atoms with Crippen molar-refractivity contribution in [3.8, 4) is 23.0 Å². The minimum absolute atomic E-state index is 0.437. The summed E-state index contributed by atoms with van der Waals surface area (Å²) >= 11 is 0. The molecule has 2 aliphatic heterocycles. The number of benzene rings is 1. The Hall–Kier alpha value is -1.91. The zero-order valence-corrected chi connectivity index (χ0v) is 13.8. The van der Waals surface area contributed by atoms with E-state index >= 15 is 0 Å². The van der Waals surface area contributed by atoms with E-state index in [0.717, 1.165) is 57.7 Å². The van der Waals surface area contributed by atoms with E-state index in [-0.39, 0.29) is 0 Å². The van der Waals surface area contributed by atoms with E-state index in [9.17, 15) is 4.79 Å². The summed E-state index contributed by atoms with van der Waals surface area (Å²) in [4.78, 5) is 11.8. The summed E-state index contributed by atoms with van der Waals surface area (Å²) in [6.45, 7) is 0. The highest BCUT2D eigenvalue weighted by Crippen LogP contribution is 2.56. The highest BCUT2D eigenvalue weighted by Gasteiger charge is 2.49. The smallest absolute Gasteiger partial charge is 0.251 e. The van der Waals surface area contributed by atoms with Gasteiger partial charge in [0.25, 0.3) is 11.6 Å². The van der Waals surface area contributed by atoms with Crippen LogP contribution in [0.5, 0.6) is 23.0 Å². The standard InChI is InChI=1S/C19H22O5/c20-12-13-16-14(21-18(23-16)7-3-1-4-8-18)11-15-17(13)24-19(22-15)9-5-2-6-10-19/h11-12H,1-10H2. The number of ether oxygens (including phenoxy) is 4. The fourth-order valence-electron chi connectivity index (χ4n) is 4.49. The van der Waals surface area contributed by atoms with E-state index in [2.05, 4.69) is 0 Å². The molecule has 2 fully saturated rings. The molecule has 128 valence electrons. The van der Waals surface area contributed by atoms with Gasteiger partial charge in [-0.3, -0.25) is 4.79 Å². The fraction of sp³-hybridized carbons (Fsp3) is 0.632. The van der Waals surface area contributed by atoms with Crippen LogP contribution in [0.4, 0.5) is 0 Å². The molecule has 0 atom stereocenters. The third-order valence-electron chi connectivity index (χ3n) is 5.72. The highest BCUT2D eigenvalue weighted by molar-refractivity contribution is 5.88. The molecule has 0 unspecified atom stereocenters. The maximum atomic E-state index is 11.8. The summed E-state index contributed by atoms with van der Waals surface area (Å²) in [6.07, 6.45) is 11.0. The lowest BCUT2D eigenvalue weighted by atomic mass is 9.94. The first-order chi connectivity index (χ1) is 11.7. The molecular weight excluding hydrogens is 308 g/mol. The van der Waals surface area contributed by atoms with Crippen LogP contribution < -0.4 is 18.9 Å².